The number of nitrogens with zero attached hydrogens (tertiary/aromatic N) is 4. The van der Waals surface area contributed by atoms with Crippen molar-refractivity contribution in [2.75, 3.05) is 25.0 Å². The molecular formula is C19H28N6. The van der Waals surface area contributed by atoms with E-state index in [4.69, 9.17) is 5.26 Å². The zero-order valence-corrected chi connectivity index (χ0v) is 15.8. The van der Waals surface area contributed by atoms with Gasteiger partial charge in [0, 0.05) is 18.8 Å². The lowest BCUT2D eigenvalue weighted by Gasteiger charge is -2.30. The fourth-order valence-corrected chi connectivity index (χ4v) is 3.06. The molecular weight excluding hydrogens is 312 g/mol. The van der Waals surface area contributed by atoms with E-state index in [9.17, 15) is 0 Å². The molecule has 6 nitrogen and oxygen atoms in total. The van der Waals surface area contributed by atoms with Gasteiger partial charge in [0.15, 0.2) is 6.19 Å². The monoisotopic (exact) mass is 340 g/mol. The molecule has 0 unspecified atom stereocenters. The second-order valence-corrected chi connectivity index (χ2v) is 7.18. The van der Waals surface area contributed by atoms with Gasteiger partial charge in [-0.3, -0.25) is 15.3 Å². The average Bonchev–Trinajstić information content (AvgIpc) is 2.85. The summed E-state index contributed by atoms with van der Waals surface area (Å²) in [5, 5.41) is 14.9. The number of guanidine groups is 1. The quantitative estimate of drug-likeness (QED) is 0.284. The highest BCUT2D eigenvalue weighted by atomic mass is 15.3. The Morgan fingerprint density at radius 2 is 2.00 bits per heavy atom. The number of nitrogens with one attached hydrogen (secondary N) is 2. The van der Waals surface area contributed by atoms with Gasteiger partial charge in [-0.15, -0.1) is 0 Å². The van der Waals surface area contributed by atoms with Crippen molar-refractivity contribution in [3.05, 3.63) is 28.8 Å². The van der Waals surface area contributed by atoms with Crippen LogP contribution in [0.15, 0.2) is 22.1 Å². The van der Waals surface area contributed by atoms with Crippen LogP contribution in [-0.4, -0.2) is 42.4 Å². The molecule has 1 aromatic carbocycles. The molecule has 134 valence electrons. The molecule has 6 heteroatoms. The third kappa shape index (κ3) is 4.96. The predicted molar refractivity (Wildman–Crippen MR) is 104 cm³/mol. The number of hydrogen-bond acceptors (Lipinski definition) is 4. The smallest absolute Gasteiger partial charge is 0.209 e. The van der Waals surface area contributed by atoms with Gasteiger partial charge in [0.2, 0.25) is 5.96 Å². The lowest BCUT2D eigenvalue weighted by molar-refractivity contribution is 0.252. The van der Waals surface area contributed by atoms with E-state index in [0.717, 1.165) is 36.3 Å². The van der Waals surface area contributed by atoms with Crippen LogP contribution in [0.1, 0.15) is 37.0 Å². The second-order valence-electron chi connectivity index (χ2n) is 7.18. The van der Waals surface area contributed by atoms with E-state index in [0.29, 0.717) is 12.5 Å². The summed E-state index contributed by atoms with van der Waals surface area (Å²) in [6, 6.07) is 4.24. The maximum atomic E-state index is 8.99. The predicted octanol–water partition coefficient (Wildman–Crippen LogP) is 2.96. The van der Waals surface area contributed by atoms with Crippen LogP contribution >= 0.6 is 0 Å². The summed E-state index contributed by atoms with van der Waals surface area (Å²) in [4.78, 5) is 11.1. The molecule has 0 radical (unpaired) electrons. The number of hydrogen-bond donors (Lipinski definition) is 2. The fourth-order valence-electron chi connectivity index (χ4n) is 3.06. The first-order valence-corrected chi connectivity index (χ1v) is 8.64. The van der Waals surface area contributed by atoms with E-state index in [2.05, 4.69) is 72.3 Å². The largest absolute Gasteiger partial charge is 0.356 e. The maximum absolute atomic E-state index is 8.99. The topological polar surface area (TPSA) is 75.8 Å². The summed E-state index contributed by atoms with van der Waals surface area (Å²) < 4.78 is 0. The second kappa shape index (κ2) is 8.02. The minimum absolute atomic E-state index is 0.0891. The average molecular weight is 340 g/mol. The van der Waals surface area contributed by atoms with Gasteiger partial charge in [0.05, 0.1) is 18.4 Å². The molecule has 0 aliphatic carbocycles. The van der Waals surface area contributed by atoms with Crippen LogP contribution in [-0.2, 0) is 0 Å². The van der Waals surface area contributed by atoms with Crippen LogP contribution in [0.3, 0.4) is 0 Å². The number of rotatable bonds is 5. The highest BCUT2D eigenvalue weighted by molar-refractivity contribution is 5.95. The lowest BCUT2D eigenvalue weighted by atomic mass is 10.1. The third-order valence-electron chi connectivity index (χ3n) is 4.40. The van der Waals surface area contributed by atoms with Crippen LogP contribution in [0.4, 0.5) is 5.69 Å². The van der Waals surface area contributed by atoms with Crippen molar-refractivity contribution >= 4 is 18.0 Å². The number of aryl methyl sites for hydroxylation is 3. The molecule has 25 heavy (non-hydrogen) atoms. The van der Waals surface area contributed by atoms with Crippen LogP contribution in [0.25, 0.3) is 0 Å². The molecule has 0 spiro atoms. The minimum Gasteiger partial charge on any atom is -0.356 e. The van der Waals surface area contributed by atoms with Crippen molar-refractivity contribution in [2.24, 2.45) is 9.98 Å². The highest BCUT2D eigenvalue weighted by Crippen LogP contribution is 2.22. The summed E-state index contributed by atoms with van der Waals surface area (Å²) in [7, 11) is 0. The molecule has 0 aromatic heterocycles. The first-order valence-electron chi connectivity index (χ1n) is 8.64. The first-order chi connectivity index (χ1) is 11.8. The molecule has 0 amide bonds. The summed E-state index contributed by atoms with van der Waals surface area (Å²) >= 11 is 0. The zero-order valence-electron chi connectivity index (χ0n) is 15.8. The van der Waals surface area contributed by atoms with E-state index < -0.39 is 0 Å². The number of nitriles is 1. The van der Waals surface area contributed by atoms with Crippen molar-refractivity contribution in [1.82, 2.24) is 10.2 Å². The van der Waals surface area contributed by atoms with E-state index >= 15 is 0 Å². The Morgan fingerprint density at radius 3 is 2.56 bits per heavy atom. The Balaban J connectivity index is 1.97. The minimum atomic E-state index is 0.0891. The van der Waals surface area contributed by atoms with E-state index in [1.54, 1.807) is 0 Å². The molecule has 0 fully saturated rings. The van der Waals surface area contributed by atoms with Crippen LogP contribution < -0.4 is 10.6 Å². The van der Waals surface area contributed by atoms with Crippen LogP contribution in [0, 0.1) is 32.2 Å². The maximum Gasteiger partial charge on any atom is 0.209 e. The van der Waals surface area contributed by atoms with Gasteiger partial charge >= 0.3 is 0 Å². The van der Waals surface area contributed by atoms with Gasteiger partial charge in [-0.05, 0) is 52.2 Å². The molecule has 2 N–H and O–H groups in total. The van der Waals surface area contributed by atoms with Crippen LogP contribution in [0.2, 0.25) is 0 Å². The van der Waals surface area contributed by atoms with Gasteiger partial charge in [-0.25, -0.2) is 0 Å². The molecule has 2 rings (SSSR count). The molecule has 1 aliphatic heterocycles. The highest BCUT2D eigenvalue weighted by Gasteiger charge is 2.27. The Hall–Kier alpha value is -2.55. The van der Waals surface area contributed by atoms with Crippen molar-refractivity contribution in [2.45, 2.75) is 46.6 Å². The normalized spacial score (nSPS) is 16.0. The molecule has 0 atom stereocenters. The summed E-state index contributed by atoms with van der Waals surface area (Å²) in [5.74, 6) is 0.493. The SMILES string of the molecule is Cc1cc(C)c(NC(=NCCCN2C=NCC2(C)C)NC#N)c(C)c1. The van der Waals surface area contributed by atoms with Gasteiger partial charge in [0.1, 0.15) is 0 Å². The summed E-state index contributed by atoms with van der Waals surface area (Å²) in [6.07, 6.45) is 4.79. The van der Waals surface area contributed by atoms with Gasteiger partial charge in [0.25, 0.3) is 0 Å². The van der Waals surface area contributed by atoms with Crippen molar-refractivity contribution in [3.63, 3.8) is 0 Å². The lowest BCUT2D eigenvalue weighted by Crippen LogP contribution is -2.41. The number of aliphatic imine (C=N–C) groups is 2. The van der Waals surface area contributed by atoms with Gasteiger partial charge in [-0.1, -0.05) is 17.7 Å². The number of anilines is 1. The molecule has 0 saturated heterocycles. The Kier molecular flexibility index (Phi) is 6.02. The third-order valence-corrected chi connectivity index (χ3v) is 4.40. The number of benzene rings is 1. The van der Waals surface area contributed by atoms with E-state index in [-0.39, 0.29) is 5.54 Å². The molecule has 1 aliphatic rings. The Labute approximate surface area is 150 Å². The van der Waals surface area contributed by atoms with Crippen molar-refractivity contribution < 1.29 is 0 Å². The van der Waals surface area contributed by atoms with Crippen molar-refractivity contribution in [1.29, 1.82) is 5.26 Å². The van der Waals surface area contributed by atoms with Gasteiger partial charge < -0.3 is 10.2 Å². The molecule has 1 heterocycles. The van der Waals surface area contributed by atoms with E-state index in [1.807, 2.05) is 12.5 Å². The standard InChI is InChI=1S/C19H28N6/c1-14-9-15(2)17(16(3)10-14)24-18(23-12-20)22-7-6-8-25-13-21-11-19(25,4)5/h9-10,13H,6-8,11H2,1-5H3,(H2,22,23,24). The fraction of sp³-hybridized carbons (Fsp3) is 0.526. The summed E-state index contributed by atoms with van der Waals surface area (Å²) in [6.45, 7) is 13.0. The zero-order chi connectivity index (χ0) is 18.4. The summed E-state index contributed by atoms with van der Waals surface area (Å²) in [5.41, 5.74) is 4.59. The van der Waals surface area contributed by atoms with Crippen LogP contribution in [0.5, 0.6) is 0 Å². The van der Waals surface area contributed by atoms with E-state index in [1.165, 1.54) is 5.56 Å². The molecule has 1 aromatic rings. The Morgan fingerprint density at radius 1 is 1.32 bits per heavy atom. The Bertz CT molecular complexity index is 688. The molecule has 0 bridgehead atoms. The van der Waals surface area contributed by atoms with Crippen molar-refractivity contribution in [3.8, 4) is 6.19 Å². The first kappa shape index (κ1) is 18.8. The van der Waals surface area contributed by atoms with Gasteiger partial charge in [-0.2, -0.15) is 5.26 Å². The molecule has 0 saturated carbocycles.